The fourth-order valence-corrected chi connectivity index (χ4v) is 3.64. The van der Waals surface area contributed by atoms with Gasteiger partial charge in [-0.1, -0.05) is 30.3 Å². The number of aromatic nitrogens is 3. The van der Waals surface area contributed by atoms with E-state index in [1.54, 1.807) is 13.4 Å². The summed E-state index contributed by atoms with van der Waals surface area (Å²) in [4.78, 5) is 1.48. The summed E-state index contributed by atoms with van der Waals surface area (Å²) in [5.41, 5.74) is 3.87. The number of rotatable bonds is 4. The fraction of sp³-hybridized carbons (Fsp3) is 0.263. The molecule has 0 saturated heterocycles. The number of ether oxygens (including phenoxy) is 1. The van der Waals surface area contributed by atoms with Crippen LogP contribution in [0.4, 0.5) is 0 Å². The van der Waals surface area contributed by atoms with E-state index in [4.69, 9.17) is 17.0 Å². The van der Waals surface area contributed by atoms with Gasteiger partial charge in [0.15, 0.2) is 6.67 Å². The van der Waals surface area contributed by atoms with Gasteiger partial charge in [0.25, 0.3) is 0 Å². The van der Waals surface area contributed by atoms with Gasteiger partial charge in [-0.2, -0.15) is 9.78 Å². The minimum absolute atomic E-state index is 0.708. The molecule has 2 heterocycles. The lowest BCUT2D eigenvalue weighted by Gasteiger charge is -2.25. The Kier molecular flexibility index (Phi) is 4.38. The molecule has 1 N–H and O–H groups in total. The summed E-state index contributed by atoms with van der Waals surface area (Å²) in [6.07, 6.45) is 2.89. The number of methoxy groups -OCH3 is 1. The second-order valence-electron chi connectivity index (χ2n) is 6.34. The molecule has 0 spiro atoms. The quantitative estimate of drug-likeness (QED) is 0.729. The Balaban J connectivity index is 1.55. The van der Waals surface area contributed by atoms with Crippen LogP contribution in [0.5, 0.6) is 5.75 Å². The predicted molar refractivity (Wildman–Crippen MR) is 98.6 cm³/mol. The van der Waals surface area contributed by atoms with Gasteiger partial charge < -0.3 is 9.64 Å². The van der Waals surface area contributed by atoms with Crippen molar-refractivity contribution < 1.29 is 9.64 Å². The van der Waals surface area contributed by atoms with Crippen molar-refractivity contribution in [3.63, 3.8) is 0 Å². The zero-order valence-electron chi connectivity index (χ0n) is 14.2. The van der Waals surface area contributed by atoms with Crippen LogP contribution >= 0.6 is 12.2 Å². The van der Waals surface area contributed by atoms with Gasteiger partial charge in [-0.15, -0.1) is 0 Å². The first-order valence-corrected chi connectivity index (χ1v) is 8.84. The Morgan fingerprint density at radius 1 is 1.16 bits per heavy atom. The molecule has 3 aromatic rings. The van der Waals surface area contributed by atoms with Gasteiger partial charge in [-0.3, -0.25) is 4.57 Å². The molecular weight excluding hydrogens is 332 g/mol. The number of nitrogens with zero attached hydrogens (tertiary/aromatic N) is 3. The number of hydrogen-bond acceptors (Lipinski definition) is 3. The molecule has 0 saturated carbocycles. The zero-order valence-corrected chi connectivity index (χ0v) is 15.0. The highest BCUT2D eigenvalue weighted by molar-refractivity contribution is 7.71. The van der Waals surface area contributed by atoms with Gasteiger partial charge in [-0.05, 0) is 29.9 Å². The van der Waals surface area contributed by atoms with Gasteiger partial charge in [0, 0.05) is 18.1 Å². The van der Waals surface area contributed by atoms with E-state index in [-0.39, 0.29) is 0 Å². The van der Waals surface area contributed by atoms with Crippen LogP contribution < -0.4 is 9.64 Å². The van der Waals surface area contributed by atoms with Gasteiger partial charge in [0.1, 0.15) is 18.6 Å². The van der Waals surface area contributed by atoms with E-state index >= 15 is 0 Å². The molecule has 1 aromatic heterocycles. The highest BCUT2D eigenvalue weighted by Gasteiger charge is 2.20. The van der Waals surface area contributed by atoms with Crippen LogP contribution in [0.15, 0.2) is 54.9 Å². The first-order valence-electron chi connectivity index (χ1n) is 8.44. The van der Waals surface area contributed by atoms with Crippen molar-refractivity contribution in [3.8, 4) is 11.4 Å². The van der Waals surface area contributed by atoms with Crippen LogP contribution in [0.25, 0.3) is 5.69 Å². The molecule has 0 bridgehead atoms. The average molecular weight is 353 g/mol. The summed E-state index contributed by atoms with van der Waals surface area (Å²) in [7, 11) is 1.67. The molecule has 0 amide bonds. The molecule has 1 atom stereocenters. The number of benzene rings is 2. The second kappa shape index (κ2) is 6.82. The van der Waals surface area contributed by atoms with Crippen molar-refractivity contribution >= 4 is 12.2 Å². The van der Waals surface area contributed by atoms with E-state index in [2.05, 4.69) is 29.4 Å². The maximum atomic E-state index is 5.64. The summed E-state index contributed by atoms with van der Waals surface area (Å²) in [5, 5.41) is 4.51. The largest absolute Gasteiger partial charge is 0.497 e. The first-order chi connectivity index (χ1) is 12.2. The summed E-state index contributed by atoms with van der Waals surface area (Å²) in [6, 6.07) is 16.5. The van der Waals surface area contributed by atoms with Gasteiger partial charge in [-0.25, -0.2) is 0 Å². The van der Waals surface area contributed by atoms with Crippen molar-refractivity contribution in [3.05, 3.63) is 70.8 Å². The Bertz CT molecular complexity index is 946. The van der Waals surface area contributed by atoms with Gasteiger partial charge in [0.2, 0.25) is 4.77 Å². The maximum Gasteiger partial charge on any atom is 0.207 e. The van der Waals surface area contributed by atoms with Crippen LogP contribution in [-0.2, 0) is 19.6 Å². The molecule has 1 aliphatic rings. The first kappa shape index (κ1) is 16.1. The van der Waals surface area contributed by atoms with E-state index < -0.39 is 0 Å². The number of nitrogens with one attached hydrogen (secondary N) is 1. The summed E-state index contributed by atoms with van der Waals surface area (Å²) in [6.45, 7) is 2.90. The normalized spacial score (nSPS) is 16.4. The van der Waals surface area contributed by atoms with E-state index in [0.29, 0.717) is 4.77 Å². The van der Waals surface area contributed by atoms with Crippen molar-refractivity contribution in [1.82, 2.24) is 14.3 Å². The van der Waals surface area contributed by atoms with Crippen LogP contribution in [-0.4, -0.2) is 28.0 Å². The molecule has 5 nitrogen and oxygen atoms in total. The Labute approximate surface area is 152 Å². The SMILES string of the molecule is COc1cccc(-n2cnn(C[NH+]3CCc4ccccc4C3)c2=S)c1. The molecule has 2 aromatic carbocycles. The molecule has 128 valence electrons. The van der Waals surface area contributed by atoms with Gasteiger partial charge >= 0.3 is 0 Å². The van der Waals surface area contributed by atoms with Crippen LogP contribution in [0.2, 0.25) is 0 Å². The second-order valence-corrected chi connectivity index (χ2v) is 6.70. The molecule has 25 heavy (non-hydrogen) atoms. The van der Waals surface area contributed by atoms with E-state index in [1.807, 2.05) is 33.5 Å². The molecule has 6 heteroatoms. The maximum absolute atomic E-state index is 5.64. The van der Waals surface area contributed by atoms with Crippen molar-refractivity contribution in [2.75, 3.05) is 13.7 Å². The van der Waals surface area contributed by atoms with Crippen LogP contribution in [0, 0.1) is 4.77 Å². The zero-order chi connectivity index (χ0) is 17.2. The minimum Gasteiger partial charge on any atom is -0.497 e. The summed E-state index contributed by atoms with van der Waals surface area (Å²) in [5.74, 6) is 0.811. The fourth-order valence-electron chi connectivity index (χ4n) is 3.37. The van der Waals surface area contributed by atoms with E-state index in [1.165, 1.54) is 16.0 Å². The summed E-state index contributed by atoms with van der Waals surface area (Å²) < 4.78 is 9.85. The van der Waals surface area contributed by atoms with Crippen molar-refractivity contribution in [2.24, 2.45) is 0 Å². The lowest BCUT2D eigenvalue weighted by Crippen LogP contribution is -3.11. The van der Waals surface area contributed by atoms with E-state index in [9.17, 15) is 0 Å². The van der Waals surface area contributed by atoms with Crippen LogP contribution in [0.1, 0.15) is 11.1 Å². The van der Waals surface area contributed by atoms with E-state index in [0.717, 1.165) is 37.6 Å². The third-order valence-electron chi connectivity index (χ3n) is 4.74. The molecule has 0 radical (unpaired) electrons. The highest BCUT2D eigenvalue weighted by Crippen LogP contribution is 2.16. The molecule has 1 aliphatic heterocycles. The predicted octanol–water partition coefficient (Wildman–Crippen LogP) is 2.01. The lowest BCUT2D eigenvalue weighted by molar-refractivity contribution is -0.939. The van der Waals surface area contributed by atoms with Crippen molar-refractivity contribution in [2.45, 2.75) is 19.6 Å². The molecule has 0 aliphatic carbocycles. The van der Waals surface area contributed by atoms with Crippen molar-refractivity contribution in [1.29, 1.82) is 0 Å². The topological polar surface area (TPSA) is 36.4 Å². The summed E-state index contributed by atoms with van der Waals surface area (Å²) >= 11 is 5.64. The molecule has 4 rings (SSSR count). The Morgan fingerprint density at radius 2 is 2.00 bits per heavy atom. The number of quaternary nitrogens is 1. The smallest absolute Gasteiger partial charge is 0.207 e. The van der Waals surface area contributed by atoms with Gasteiger partial charge in [0.05, 0.1) is 19.3 Å². The lowest BCUT2D eigenvalue weighted by atomic mass is 10.0. The molecule has 1 unspecified atom stereocenters. The third-order valence-corrected chi connectivity index (χ3v) is 5.15. The average Bonchev–Trinajstić information content (AvgIpc) is 3.02. The molecule has 0 fully saturated rings. The monoisotopic (exact) mass is 353 g/mol. The minimum atomic E-state index is 0.708. The Hall–Kier alpha value is -2.44. The standard InChI is InChI=1S/C19H20N4OS/c1-24-18-8-4-7-17(11-18)22-13-20-23(19(22)25)14-21-10-9-15-5-2-3-6-16(15)12-21/h2-8,11,13H,9-10,12,14H2,1H3/p+1. The highest BCUT2D eigenvalue weighted by atomic mass is 32.1. The number of fused-ring (bicyclic) bond motifs is 1. The Morgan fingerprint density at radius 3 is 2.84 bits per heavy atom. The van der Waals surface area contributed by atoms with Crippen LogP contribution in [0.3, 0.4) is 0 Å². The molecular formula is C19H21N4OS+. The number of hydrogen-bond donors (Lipinski definition) is 1. The third kappa shape index (κ3) is 3.23.